The molecule has 23 heavy (non-hydrogen) atoms. The minimum atomic E-state index is -0.212. The summed E-state index contributed by atoms with van der Waals surface area (Å²) in [5.41, 5.74) is 3.37. The van der Waals surface area contributed by atoms with Crippen LogP contribution in [0.1, 0.15) is 28.4 Å². The number of amides is 2. The smallest absolute Gasteiger partial charge is 0.251 e. The Morgan fingerprint density at radius 1 is 1.00 bits per heavy atom. The van der Waals surface area contributed by atoms with E-state index < -0.39 is 0 Å². The number of carbonyl (C=O) groups excluding carboxylic acids is 2. The van der Waals surface area contributed by atoms with Crippen LogP contribution in [0, 0.1) is 6.92 Å². The van der Waals surface area contributed by atoms with Crippen molar-refractivity contribution >= 4 is 23.6 Å². The molecule has 0 heterocycles. The highest BCUT2D eigenvalue weighted by molar-refractivity contribution is 6.02. The largest absolute Gasteiger partial charge is 0.352 e. The first kappa shape index (κ1) is 16.5. The summed E-state index contributed by atoms with van der Waals surface area (Å²) in [5, 5.41) is 5.49. The summed E-state index contributed by atoms with van der Waals surface area (Å²) in [6.45, 7) is 4.47. The third-order valence-corrected chi connectivity index (χ3v) is 3.26. The zero-order valence-electron chi connectivity index (χ0n) is 13.3. The molecule has 0 spiro atoms. The lowest BCUT2D eigenvalue weighted by Crippen LogP contribution is -2.22. The zero-order valence-corrected chi connectivity index (χ0v) is 13.3. The molecule has 0 saturated carbocycles. The molecule has 2 aromatic carbocycles. The summed E-state index contributed by atoms with van der Waals surface area (Å²) in [4.78, 5) is 23.5. The molecule has 4 heteroatoms. The Bertz CT molecular complexity index is 701. The van der Waals surface area contributed by atoms with Gasteiger partial charge in [-0.05, 0) is 49.8 Å². The minimum absolute atomic E-state index is 0.121. The Kier molecular flexibility index (Phi) is 5.69. The van der Waals surface area contributed by atoms with Gasteiger partial charge in [0.05, 0.1) is 0 Å². The van der Waals surface area contributed by atoms with Crippen molar-refractivity contribution in [3.8, 4) is 0 Å². The first-order valence-corrected chi connectivity index (χ1v) is 7.52. The Hall–Kier alpha value is -2.88. The SMILES string of the molecule is CCNC(=O)c1ccc(NC(=O)/C=C/c2ccc(C)cc2)cc1. The second kappa shape index (κ2) is 7.94. The predicted octanol–water partition coefficient (Wildman–Crippen LogP) is 3.40. The quantitative estimate of drug-likeness (QED) is 0.832. The fraction of sp³-hybridized carbons (Fsp3) is 0.158. The average molecular weight is 308 g/mol. The van der Waals surface area contributed by atoms with Crippen LogP contribution in [0.4, 0.5) is 5.69 Å². The van der Waals surface area contributed by atoms with Gasteiger partial charge in [-0.2, -0.15) is 0 Å². The molecule has 0 aliphatic rings. The Labute approximate surface area is 136 Å². The first-order valence-electron chi connectivity index (χ1n) is 7.52. The van der Waals surface area contributed by atoms with Gasteiger partial charge in [0.15, 0.2) is 0 Å². The summed E-state index contributed by atoms with van der Waals surface area (Å²) in [7, 11) is 0. The molecule has 0 unspecified atom stereocenters. The van der Waals surface area contributed by atoms with Crippen molar-refractivity contribution in [1.29, 1.82) is 0 Å². The van der Waals surface area contributed by atoms with Gasteiger partial charge >= 0.3 is 0 Å². The topological polar surface area (TPSA) is 58.2 Å². The van der Waals surface area contributed by atoms with E-state index in [9.17, 15) is 9.59 Å². The predicted molar refractivity (Wildman–Crippen MR) is 93.3 cm³/mol. The highest BCUT2D eigenvalue weighted by atomic mass is 16.2. The Morgan fingerprint density at radius 3 is 2.26 bits per heavy atom. The van der Waals surface area contributed by atoms with Crippen LogP contribution in [0.25, 0.3) is 6.08 Å². The van der Waals surface area contributed by atoms with E-state index in [4.69, 9.17) is 0 Å². The van der Waals surface area contributed by atoms with E-state index in [0.29, 0.717) is 17.8 Å². The maximum absolute atomic E-state index is 11.9. The van der Waals surface area contributed by atoms with Gasteiger partial charge in [-0.3, -0.25) is 9.59 Å². The van der Waals surface area contributed by atoms with Crippen LogP contribution < -0.4 is 10.6 Å². The van der Waals surface area contributed by atoms with Crippen LogP contribution in [0.3, 0.4) is 0 Å². The molecule has 2 rings (SSSR count). The Morgan fingerprint density at radius 2 is 1.65 bits per heavy atom. The fourth-order valence-corrected chi connectivity index (χ4v) is 2.00. The van der Waals surface area contributed by atoms with Gasteiger partial charge in [0.2, 0.25) is 5.91 Å². The van der Waals surface area contributed by atoms with E-state index in [1.165, 1.54) is 11.6 Å². The number of benzene rings is 2. The average Bonchev–Trinajstić information content (AvgIpc) is 2.55. The molecule has 0 aliphatic carbocycles. The number of anilines is 1. The lowest BCUT2D eigenvalue weighted by Gasteiger charge is -2.05. The monoisotopic (exact) mass is 308 g/mol. The third kappa shape index (κ3) is 5.11. The molecule has 118 valence electrons. The van der Waals surface area contributed by atoms with Crippen molar-refractivity contribution < 1.29 is 9.59 Å². The number of nitrogens with one attached hydrogen (secondary N) is 2. The van der Waals surface area contributed by atoms with Crippen LogP contribution in [-0.4, -0.2) is 18.4 Å². The molecule has 0 saturated heterocycles. The molecule has 0 fully saturated rings. The van der Waals surface area contributed by atoms with Crippen molar-refractivity contribution in [2.45, 2.75) is 13.8 Å². The number of hydrogen-bond acceptors (Lipinski definition) is 2. The lowest BCUT2D eigenvalue weighted by molar-refractivity contribution is -0.111. The van der Waals surface area contributed by atoms with Gasteiger partial charge in [-0.1, -0.05) is 29.8 Å². The molecule has 4 nitrogen and oxygen atoms in total. The fourth-order valence-electron chi connectivity index (χ4n) is 2.00. The first-order chi connectivity index (χ1) is 11.1. The second-order valence-electron chi connectivity index (χ2n) is 5.17. The zero-order chi connectivity index (χ0) is 16.7. The van der Waals surface area contributed by atoms with Crippen LogP contribution in [-0.2, 0) is 4.79 Å². The summed E-state index contributed by atoms with van der Waals surface area (Å²) in [6.07, 6.45) is 3.25. The highest BCUT2D eigenvalue weighted by Gasteiger charge is 2.04. The molecular weight excluding hydrogens is 288 g/mol. The van der Waals surface area contributed by atoms with Gasteiger partial charge in [0.1, 0.15) is 0 Å². The maximum Gasteiger partial charge on any atom is 0.251 e. The molecule has 2 N–H and O–H groups in total. The normalized spacial score (nSPS) is 10.5. The molecule has 0 bridgehead atoms. The molecule has 0 atom stereocenters. The van der Waals surface area contributed by atoms with E-state index >= 15 is 0 Å². The molecule has 2 aromatic rings. The van der Waals surface area contributed by atoms with E-state index in [1.54, 1.807) is 30.3 Å². The molecule has 0 aromatic heterocycles. The molecule has 2 amide bonds. The molecule has 0 radical (unpaired) electrons. The minimum Gasteiger partial charge on any atom is -0.352 e. The van der Waals surface area contributed by atoms with Crippen molar-refractivity contribution in [1.82, 2.24) is 5.32 Å². The van der Waals surface area contributed by atoms with Crippen molar-refractivity contribution in [2.24, 2.45) is 0 Å². The van der Waals surface area contributed by atoms with E-state index in [0.717, 1.165) is 5.56 Å². The van der Waals surface area contributed by atoms with Gasteiger partial charge in [0, 0.05) is 23.9 Å². The van der Waals surface area contributed by atoms with Gasteiger partial charge in [-0.25, -0.2) is 0 Å². The highest BCUT2D eigenvalue weighted by Crippen LogP contribution is 2.10. The van der Waals surface area contributed by atoms with Crippen LogP contribution in [0.5, 0.6) is 0 Å². The van der Waals surface area contributed by atoms with Gasteiger partial charge in [0.25, 0.3) is 5.91 Å². The summed E-state index contributed by atoms with van der Waals surface area (Å²) in [6, 6.07) is 14.7. The van der Waals surface area contributed by atoms with Crippen LogP contribution >= 0.6 is 0 Å². The summed E-state index contributed by atoms with van der Waals surface area (Å²) < 4.78 is 0. The summed E-state index contributed by atoms with van der Waals surface area (Å²) >= 11 is 0. The summed E-state index contributed by atoms with van der Waals surface area (Å²) in [5.74, 6) is -0.332. The van der Waals surface area contributed by atoms with E-state index in [-0.39, 0.29) is 11.8 Å². The standard InChI is InChI=1S/C19H20N2O2/c1-3-20-19(23)16-9-11-17(12-10-16)21-18(22)13-8-15-6-4-14(2)5-7-15/h4-13H,3H2,1-2H3,(H,20,23)(H,21,22)/b13-8+. The van der Waals surface area contributed by atoms with Crippen molar-refractivity contribution in [3.05, 3.63) is 71.3 Å². The number of aryl methyl sites for hydroxylation is 1. The molecular formula is C19H20N2O2. The lowest BCUT2D eigenvalue weighted by atomic mass is 10.1. The van der Waals surface area contributed by atoms with Gasteiger partial charge < -0.3 is 10.6 Å². The molecule has 0 aliphatic heterocycles. The second-order valence-corrected chi connectivity index (χ2v) is 5.17. The number of hydrogen-bond donors (Lipinski definition) is 2. The van der Waals surface area contributed by atoms with Crippen molar-refractivity contribution in [3.63, 3.8) is 0 Å². The maximum atomic E-state index is 11.9. The van der Waals surface area contributed by atoms with Crippen LogP contribution in [0.15, 0.2) is 54.6 Å². The van der Waals surface area contributed by atoms with E-state index in [1.807, 2.05) is 38.1 Å². The van der Waals surface area contributed by atoms with Crippen LogP contribution in [0.2, 0.25) is 0 Å². The van der Waals surface area contributed by atoms with Gasteiger partial charge in [-0.15, -0.1) is 0 Å². The Balaban J connectivity index is 1.94. The third-order valence-electron chi connectivity index (χ3n) is 3.26. The number of carbonyl (C=O) groups is 2. The number of rotatable bonds is 5. The van der Waals surface area contributed by atoms with E-state index in [2.05, 4.69) is 10.6 Å². The van der Waals surface area contributed by atoms with Crippen molar-refractivity contribution in [2.75, 3.05) is 11.9 Å².